The molecule has 0 aromatic carbocycles. The highest BCUT2D eigenvalue weighted by Crippen LogP contribution is 2.22. The summed E-state index contributed by atoms with van der Waals surface area (Å²) in [6, 6.07) is 2.19. The molecule has 1 unspecified atom stereocenters. The molecule has 1 aliphatic heterocycles. The molecule has 0 radical (unpaired) electrons. The monoisotopic (exact) mass is 273 g/mol. The molecule has 3 heterocycles. The van der Waals surface area contributed by atoms with Crippen molar-refractivity contribution in [3.63, 3.8) is 0 Å². The van der Waals surface area contributed by atoms with Crippen LogP contribution in [-0.2, 0) is 13.6 Å². The lowest BCUT2D eigenvalue weighted by Gasteiger charge is -2.25. The van der Waals surface area contributed by atoms with E-state index in [1.165, 1.54) is 6.33 Å². The predicted octanol–water partition coefficient (Wildman–Crippen LogP) is 1.23. The Morgan fingerprint density at radius 3 is 3.00 bits per heavy atom. The van der Waals surface area contributed by atoms with Gasteiger partial charge in [0.25, 0.3) is 5.91 Å². The van der Waals surface area contributed by atoms with Crippen molar-refractivity contribution in [3.05, 3.63) is 36.2 Å². The molecule has 0 saturated carbocycles. The van der Waals surface area contributed by atoms with Gasteiger partial charge in [0.1, 0.15) is 18.3 Å². The summed E-state index contributed by atoms with van der Waals surface area (Å²) in [7, 11) is 1.92. The molecule has 1 aliphatic rings. The van der Waals surface area contributed by atoms with E-state index in [9.17, 15) is 4.79 Å². The SMILES string of the molecule is Cc1ccn(C)c1C(=O)N1CCCC1Cn1cncn1. The molecule has 2 aromatic heterocycles. The van der Waals surface area contributed by atoms with Crippen LogP contribution in [0.4, 0.5) is 0 Å². The number of carbonyl (C=O) groups is 1. The van der Waals surface area contributed by atoms with Gasteiger partial charge < -0.3 is 9.47 Å². The summed E-state index contributed by atoms with van der Waals surface area (Å²) in [5.41, 5.74) is 1.82. The maximum Gasteiger partial charge on any atom is 0.271 e. The first-order valence-corrected chi connectivity index (χ1v) is 6.92. The van der Waals surface area contributed by atoms with Gasteiger partial charge in [0.05, 0.1) is 12.6 Å². The fraction of sp³-hybridized carbons (Fsp3) is 0.500. The highest BCUT2D eigenvalue weighted by atomic mass is 16.2. The van der Waals surface area contributed by atoms with Crippen LogP contribution in [0.3, 0.4) is 0 Å². The number of carbonyl (C=O) groups excluding carboxylic acids is 1. The molecule has 106 valence electrons. The molecule has 1 saturated heterocycles. The molecule has 1 atom stereocenters. The van der Waals surface area contributed by atoms with E-state index in [1.807, 2.05) is 35.7 Å². The lowest BCUT2D eigenvalue weighted by atomic mass is 10.2. The van der Waals surface area contributed by atoms with Crippen LogP contribution in [0.5, 0.6) is 0 Å². The van der Waals surface area contributed by atoms with Crippen molar-refractivity contribution in [2.45, 2.75) is 32.4 Å². The highest BCUT2D eigenvalue weighted by molar-refractivity contribution is 5.94. The van der Waals surface area contributed by atoms with E-state index in [0.29, 0.717) is 0 Å². The van der Waals surface area contributed by atoms with Gasteiger partial charge in [0.15, 0.2) is 0 Å². The Labute approximate surface area is 118 Å². The highest BCUT2D eigenvalue weighted by Gasteiger charge is 2.31. The Bertz CT molecular complexity index is 582. The van der Waals surface area contributed by atoms with E-state index in [4.69, 9.17) is 0 Å². The van der Waals surface area contributed by atoms with E-state index >= 15 is 0 Å². The number of nitrogens with zero attached hydrogens (tertiary/aromatic N) is 5. The molecular formula is C14H19N5O. The third-order valence-electron chi connectivity index (χ3n) is 3.98. The van der Waals surface area contributed by atoms with Crippen LogP contribution in [0.1, 0.15) is 28.9 Å². The van der Waals surface area contributed by atoms with Crippen LogP contribution in [0.15, 0.2) is 24.9 Å². The minimum atomic E-state index is 0.123. The van der Waals surface area contributed by atoms with Crippen LogP contribution in [0.25, 0.3) is 0 Å². The standard InChI is InChI=1S/C14H19N5O/c1-11-5-7-17(2)13(11)14(20)19-6-3-4-12(19)8-18-10-15-9-16-18/h5,7,9-10,12H,3-4,6,8H2,1-2H3. The van der Waals surface area contributed by atoms with Crippen LogP contribution >= 0.6 is 0 Å². The van der Waals surface area contributed by atoms with Gasteiger partial charge in [-0.1, -0.05) is 0 Å². The van der Waals surface area contributed by atoms with Crippen molar-refractivity contribution >= 4 is 5.91 Å². The molecule has 0 bridgehead atoms. The average molecular weight is 273 g/mol. The Hall–Kier alpha value is -2.11. The Morgan fingerprint density at radius 2 is 2.35 bits per heavy atom. The smallest absolute Gasteiger partial charge is 0.271 e. The molecule has 6 nitrogen and oxygen atoms in total. The largest absolute Gasteiger partial charge is 0.346 e. The van der Waals surface area contributed by atoms with Crippen molar-refractivity contribution in [2.24, 2.45) is 7.05 Å². The van der Waals surface area contributed by atoms with E-state index in [-0.39, 0.29) is 11.9 Å². The third kappa shape index (κ3) is 2.21. The number of hydrogen-bond acceptors (Lipinski definition) is 3. The van der Waals surface area contributed by atoms with Gasteiger partial charge in [0.2, 0.25) is 0 Å². The molecule has 1 amide bonds. The van der Waals surface area contributed by atoms with Gasteiger partial charge in [-0.2, -0.15) is 5.10 Å². The number of amides is 1. The van der Waals surface area contributed by atoms with Crippen LogP contribution in [-0.4, -0.2) is 42.7 Å². The van der Waals surface area contributed by atoms with Gasteiger partial charge in [-0.25, -0.2) is 4.98 Å². The van der Waals surface area contributed by atoms with E-state index in [2.05, 4.69) is 10.1 Å². The summed E-state index contributed by atoms with van der Waals surface area (Å²) in [6.45, 7) is 3.52. The summed E-state index contributed by atoms with van der Waals surface area (Å²) in [4.78, 5) is 18.7. The number of rotatable bonds is 3. The lowest BCUT2D eigenvalue weighted by molar-refractivity contribution is 0.0711. The Kier molecular flexibility index (Phi) is 3.30. The lowest BCUT2D eigenvalue weighted by Crippen LogP contribution is -2.39. The number of aromatic nitrogens is 4. The molecule has 1 fully saturated rings. The first kappa shape index (κ1) is 12.9. The summed E-state index contributed by atoms with van der Waals surface area (Å²) >= 11 is 0. The van der Waals surface area contributed by atoms with Gasteiger partial charge in [-0.05, 0) is 31.4 Å². The fourth-order valence-corrected chi connectivity index (χ4v) is 2.95. The minimum Gasteiger partial charge on any atom is -0.346 e. The summed E-state index contributed by atoms with van der Waals surface area (Å²) < 4.78 is 3.70. The molecule has 2 aromatic rings. The van der Waals surface area contributed by atoms with E-state index in [0.717, 1.165) is 37.2 Å². The Morgan fingerprint density at radius 1 is 1.50 bits per heavy atom. The van der Waals surface area contributed by atoms with Crippen molar-refractivity contribution in [1.82, 2.24) is 24.2 Å². The van der Waals surface area contributed by atoms with Crippen LogP contribution in [0.2, 0.25) is 0 Å². The number of likely N-dealkylation sites (tertiary alicyclic amines) is 1. The molecule has 20 heavy (non-hydrogen) atoms. The van der Waals surface area contributed by atoms with Crippen LogP contribution < -0.4 is 0 Å². The zero-order valence-corrected chi connectivity index (χ0v) is 11.9. The maximum absolute atomic E-state index is 12.7. The maximum atomic E-state index is 12.7. The van der Waals surface area contributed by atoms with Gasteiger partial charge >= 0.3 is 0 Å². The van der Waals surface area contributed by atoms with Gasteiger partial charge in [-0.15, -0.1) is 0 Å². The van der Waals surface area contributed by atoms with Crippen molar-refractivity contribution in [1.29, 1.82) is 0 Å². The molecule has 6 heteroatoms. The average Bonchev–Trinajstić information content (AvgIpc) is 3.13. The van der Waals surface area contributed by atoms with Gasteiger partial charge in [0, 0.05) is 19.8 Å². The topological polar surface area (TPSA) is 56.0 Å². The summed E-state index contributed by atoms with van der Waals surface area (Å²) in [5, 5.41) is 4.13. The van der Waals surface area contributed by atoms with Gasteiger partial charge in [-0.3, -0.25) is 9.48 Å². The fourth-order valence-electron chi connectivity index (χ4n) is 2.95. The Balaban J connectivity index is 1.80. The predicted molar refractivity (Wildman–Crippen MR) is 74.2 cm³/mol. The normalized spacial score (nSPS) is 18.7. The molecule has 0 aliphatic carbocycles. The second-order valence-electron chi connectivity index (χ2n) is 5.37. The second-order valence-corrected chi connectivity index (χ2v) is 5.37. The zero-order valence-electron chi connectivity index (χ0n) is 11.9. The van der Waals surface area contributed by atoms with Crippen molar-refractivity contribution in [3.8, 4) is 0 Å². The second kappa shape index (κ2) is 5.11. The summed E-state index contributed by atoms with van der Waals surface area (Å²) in [6.07, 6.45) is 7.24. The third-order valence-corrected chi connectivity index (χ3v) is 3.98. The summed E-state index contributed by atoms with van der Waals surface area (Å²) in [5.74, 6) is 0.123. The number of hydrogen-bond donors (Lipinski definition) is 0. The molecule has 3 rings (SSSR count). The molecule has 0 N–H and O–H groups in total. The first-order valence-electron chi connectivity index (χ1n) is 6.92. The first-order chi connectivity index (χ1) is 9.66. The van der Waals surface area contributed by atoms with Crippen LogP contribution in [0, 0.1) is 6.92 Å². The molecule has 0 spiro atoms. The van der Waals surface area contributed by atoms with Crippen molar-refractivity contribution in [2.75, 3.05) is 6.54 Å². The van der Waals surface area contributed by atoms with Crippen molar-refractivity contribution < 1.29 is 4.79 Å². The zero-order chi connectivity index (χ0) is 14.1. The van der Waals surface area contributed by atoms with E-state index < -0.39 is 0 Å². The van der Waals surface area contributed by atoms with E-state index in [1.54, 1.807) is 11.0 Å². The quantitative estimate of drug-likeness (QED) is 0.845. The minimum absolute atomic E-state index is 0.123. The molecular weight excluding hydrogens is 254 g/mol. The number of aryl methyl sites for hydroxylation is 2.